The highest BCUT2D eigenvalue weighted by Crippen LogP contribution is 2.34. The fourth-order valence-corrected chi connectivity index (χ4v) is 3.19. The third kappa shape index (κ3) is 4.75. The van der Waals surface area contributed by atoms with Crippen LogP contribution < -0.4 is 4.74 Å². The highest BCUT2D eigenvalue weighted by Gasteiger charge is 2.25. The van der Waals surface area contributed by atoms with Gasteiger partial charge in [-0.3, -0.25) is 4.79 Å². The number of hydrogen-bond donors (Lipinski definition) is 0. The number of sulfone groups is 1. The normalized spacial score (nSPS) is 14.6. The lowest BCUT2D eigenvalue weighted by Gasteiger charge is -2.17. The number of carbonyl (C=O) groups is 1. The van der Waals surface area contributed by atoms with E-state index < -0.39 is 9.84 Å². The Kier molecular flexibility index (Phi) is 5.79. The molecule has 0 atom stereocenters. The molecule has 0 bridgehead atoms. The second kappa shape index (κ2) is 8.10. The standard InChI is InChI=1S/C20H23N3O4S/c1-14-6-4-5-7-16(14)17(11-23(2)13-24)19-18(27-12-15-8-9-15)10-21-20(22-19)28(3,25)26/h4-7,10-11,13,15H,8-9,12H2,1-3H3/b17-11+. The molecule has 8 heteroatoms. The van der Waals surface area contributed by atoms with E-state index in [4.69, 9.17) is 4.74 Å². The van der Waals surface area contributed by atoms with Crippen LogP contribution in [0.3, 0.4) is 0 Å². The summed E-state index contributed by atoms with van der Waals surface area (Å²) < 4.78 is 30.0. The molecule has 28 heavy (non-hydrogen) atoms. The zero-order valence-electron chi connectivity index (χ0n) is 16.1. The summed E-state index contributed by atoms with van der Waals surface area (Å²) in [5, 5.41) is -0.283. The van der Waals surface area contributed by atoms with Gasteiger partial charge in [-0.25, -0.2) is 18.4 Å². The molecule has 0 aliphatic heterocycles. The van der Waals surface area contributed by atoms with E-state index in [-0.39, 0.29) is 5.16 Å². The lowest BCUT2D eigenvalue weighted by Crippen LogP contribution is -2.13. The Labute approximate surface area is 165 Å². The number of benzene rings is 1. The van der Waals surface area contributed by atoms with Gasteiger partial charge in [0.15, 0.2) is 5.75 Å². The van der Waals surface area contributed by atoms with Crippen LogP contribution in [0.25, 0.3) is 5.57 Å². The Morgan fingerprint density at radius 1 is 1.32 bits per heavy atom. The van der Waals surface area contributed by atoms with Crippen molar-refractivity contribution in [3.63, 3.8) is 0 Å². The molecular formula is C20H23N3O4S. The minimum Gasteiger partial charge on any atom is -0.489 e. The summed E-state index contributed by atoms with van der Waals surface area (Å²) in [6.07, 6.45) is 6.98. The largest absolute Gasteiger partial charge is 0.489 e. The number of hydrogen-bond acceptors (Lipinski definition) is 6. The number of aryl methyl sites for hydroxylation is 1. The molecule has 0 saturated heterocycles. The van der Waals surface area contributed by atoms with Crippen molar-refractivity contribution < 1.29 is 17.9 Å². The number of rotatable bonds is 8. The predicted octanol–water partition coefficient (Wildman–Crippen LogP) is 2.45. The van der Waals surface area contributed by atoms with Gasteiger partial charge in [0.25, 0.3) is 0 Å². The number of amides is 1. The first-order chi connectivity index (χ1) is 13.3. The summed E-state index contributed by atoms with van der Waals surface area (Å²) in [5.41, 5.74) is 2.72. The molecule has 148 valence electrons. The summed E-state index contributed by atoms with van der Waals surface area (Å²) in [6, 6.07) is 7.62. The maximum atomic E-state index is 12.0. The van der Waals surface area contributed by atoms with Crippen LogP contribution in [0.15, 0.2) is 41.8 Å². The molecule has 1 heterocycles. The topological polar surface area (TPSA) is 89.5 Å². The molecule has 2 aromatic rings. The zero-order valence-corrected chi connectivity index (χ0v) is 16.9. The number of ether oxygens (including phenoxy) is 1. The van der Waals surface area contributed by atoms with Crippen LogP contribution >= 0.6 is 0 Å². The van der Waals surface area contributed by atoms with Gasteiger partial charge in [-0.2, -0.15) is 0 Å². The van der Waals surface area contributed by atoms with Gasteiger partial charge in [-0.15, -0.1) is 0 Å². The van der Waals surface area contributed by atoms with Crippen LogP contribution in [-0.4, -0.2) is 49.6 Å². The second-order valence-corrected chi connectivity index (χ2v) is 8.93. The smallest absolute Gasteiger partial charge is 0.247 e. The molecule has 3 rings (SSSR count). The average molecular weight is 401 g/mol. The molecule has 7 nitrogen and oxygen atoms in total. The average Bonchev–Trinajstić information content (AvgIpc) is 3.48. The van der Waals surface area contributed by atoms with E-state index in [9.17, 15) is 13.2 Å². The Bertz CT molecular complexity index is 1010. The van der Waals surface area contributed by atoms with Crippen molar-refractivity contribution in [3.8, 4) is 5.75 Å². The van der Waals surface area contributed by atoms with Crippen LogP contribution in [0.2, 0.25) is 0 Å². The van der Waals surface area contributed by atoms with Gasteiger partial charge in [0.05, 0.1) is 12.8 Å². The van der Waals surface area contributed by atoms with Gasteiger partial charge in [-0.1, -0.05) is 24.3 Å². The minimum atomic E-state index is -3.61. The van der Waals surface area contributed by atoms with E-state index in [1.165, 1.54) is 11.1 Å². The number of carbonyl (C=O) groups excluding carboxylic acids is 1. The Morgan fingerprint density at radius 3 is 2.64 bits per heavy atom. The van der Waals surface area contributed by atoms with E-state index >= 15 is 0 Å². The van der Waals surface area contributed by atoms with Crippen molar-refractivity contribution in [1.29, 1.82) is 0 Å². The Morgan fingerprint density at radius 2 is 2.04 bits per heavy atom. The first-order valence-corrected chi connectivity index (χ1v) is 10.8. The van der Waals surface area contributed by atoms with Crippen LogP contribution in [0.4, 0.5) is 0 Å². The molecule has 1 amide bonds. The molecule has 0 unspecified atom stereocenters. The van der Waals surface area contributed by atoms with E-state index in [0.717, 1.165) is 30.2 Å². The van der Waals surface area contributed by atoms with Gasteiger partial charge >= 0.3 is 0 Å². The van der Waals surface area contributed by atoms with Crippen molar-refractivity contribution in [2.45, 2.75) is 24.9 Å². The fourth-order valence-electron chi connectivity index (χ4n) is 2.69. The molecule has 1 aromatic carbocycles. The lowest BCUT2D eigenvalue weighted by molar-refractivity contribution is -0.114. The Balaban J connectivity index is 2.19. The fraction of sp³-hybridized carbons (Fsp3) is 0.350. The molecule has 0 spiro atoms. The van der Waals surface area contributed by atoms with E-state index in [1.54, 1.807) is 13.2 Å². The van der Waals surface area contributed by atoms with Crippen LogP contribution in [0, 0.1) is 12.8 Å². The molecular weight excluding hydrogens is 378 g/mol. The van der Waals surface area contributed by atoms with Crippen molar-refractivity contribution >= 4 is 21.8 Å². The molecule has 1 saturated carbocycles. The first-order valence-electron chi connectivity index (χ1n) is 8.95. The second-order valence-electron chi connectivity index (χ2n) is 7.02. The third-order valence-corrected chi connectivity index (χ3v) is 5.29. The third-order valence-electron chi connectivity index (χ3n) is 4.43. The molecule has 1 fully saturated rings. The zero-order chi connectivity index (χ0) is 20.3. The first kappa shape index (κ1) is 20.0. The summed E-state index contributed by atoms with van der Waals surface area (Å²) in [7, 11) is -2.00. The summed E-state index contributed by atoms with van der Waals surface area (Å²) in [6.45, 7) is 2.46. The summed E-state index contributed by atoms with van der Waals surface area (Å²) in [5.74, 6) is 0.902. The van der Waals surface area contributed by atoms with Crippen molar-refractivity contribution in [3.05, 3.63) is 53.5 Å². The van der Waals surface area contributed by atoms with Gasteiger partial charge in [0.1, 0.15) is 5.69 Å². The summed E-state index contributed by atoms with van der Waals surface area (Å²) >= 11 is 0. The molecule has 0 N–H and O–H groups in total. The molecule has 1 aliphatic rings. The minimum absolute atomic E-state index is 0.283. The Hall–Kier alpha value is -2.74. The SMILES string of the molecule is Cc1ccccc1/C(=C\N(C)C=O)c1nc(S(C)(=O)=O)ncc1OCC1CC1. The van der Waals surface area contributed by atoms with E-state index in [0.29, 0.717) is 36.0 Å². The highest BCUT2D eigenvalue weighted by molar-refractivity contribution is 7.90. The summed E-state index contributed by atoms with van der Waals surface area (Å²) in [4.78, 5) is 20.9. The maximum Gasteiger partial charge on any atom is 0.247 e. The predicted molar refractivity (Wildman–Crippen MR) is 105 cm³/mol. The molecule has 1 aliphatic carbocycles. The molecule has 0 radical (unpaired) electrons. The van der Waals surface area contributed by atoms with E-state index in [1.807, 2.05) is 31.2 Å². The van der Waals surface area contributed by atoms with Crippen LogP contribution in [0.5, 0.6) is 5.75 Å². The lowest BCUT2D eigenvalue weighted by atomic mass is 9.98. The van der Waals surface area contributed by atoms with Crippen LogP contribution in [-0.2, 0) is 14.6 Å². The monoisotopic (exact) mass is 401 g/mol. The van der Waals surface area contributed by atoms with Gasteiger partial charge in [-0.05, 0) is 36.8 Å². The van der Waals surface area contributed by atoms with Gasteiger partial charge in [0.2, 0.25) is 21.4 Å². The highest BCUT2D eigenvalue weighted by atomic mass is 32.2. The van der Waals surface area contributed by atoms with Gasteiger partial charge < -0.3 is 9.64 Å². The van der Waals surface area contributed by atoms with Crippen LogP contribution in [0.1, 0.15) is 29.7 Å². The van der Waals surface area contributed by atoms with Crippen molar-refractivity contribution in [2.24, 2.45) is 5.92 Å². The van der Waals surface area contributed by atoms with Crippen molar-refractivity contribution in [1.82, 2.24) is 14.9 Å². The van der Waals surface area contributed by atoms with E-state index in [2.05, 4.69) is 9.97 Å². The quantitative estimate of drug-likeness (QED) is 0.499. The van der Waals surface area contributed by atoms with Gasteiger partial charge in [0, 0.05) is 25.1 Å². The van der Waals surface area contributed by atoms with Crippen molar-refractivity contribution in [2.75, 3.05) is 19.9 Å². The molecule has 1 aromatic heterocycles. The number of nitrogens with zero attached hydrogens (tertiary/aromatic N) is 3. The number of aromatic nitrogens is 2. The maximum absolute atomic E-state index is 12.0.